The van der Waals surface area contributed by atoms with Gasteiger partial charge >= 0.3 is 6.03 Å². The fourth-order valence-electron chi connectivity index (χ4n) is 0.838. The highest BCUT2D eigenvalue weighted by Crippen LogP contribution is 1.93. The molecule has 74 valence electrons. The average Bonchev–Trinajstić information content (AvgIpc) is 2.58. The van der Waals surface area contributed by atoms with Crippen LogP contribution in [-0.4, -0.2) is 30.4 Å². The normalized spacial score (nSPS) is 14.9. The van der Waals surface area contributed by atoms with Crippen LogP contribution in [0.2, 0.25) is 0 Å². The van der Waals surface area contributed by atoms with Crippen LogP contribution in [0.4, 0.5) is 4.79 Å². The van der Waals surface area contributed by atoms with Crippen LogP contribution in [0.1, 0.15) is 13.3 Å². The Morgan fingerprint density at radius 3 is 3.00 bits per heavy atom. The molecular weight excluding hydrogens is 182 g/mol. The average molecular weight is 193 g/mol. The summed E-state index contributed by atoms with van der Waals surface area (Å²) < 4.78 is 0. The number of rotatable bonds is 4. The van der Waals surface area contributed by atoms with Gasteiger partial charge in [-0.05, 0) is 12.5 Å². The summed E-state index contributed by atoms with van der Waals surface area (Å²) in [5, 5.41) is 2.66. The summed E-state index contributed by atoms with van der Waals surface area (Å²) in [6, 6.07) is -0.529. The molecular formula is C9H11N3O2. The smallest absolute Gasteiger partial charge is 0.353 e. The standard InChI is InChI=1S/C9H11N3O2/c1-2-5-10-8(13)4-3-7-6-11-9(14)12-7/h3-4,6H,2,5H2,1H3,(H,10,13). The Kier molecular flexibility index (Phi) is 3.72. The van der Waals surface area contributed by atoms with Gasteiger partial charge in [0.25, 0.3) is 0 Å². The van der Waals surface area contributed by atoms with E-state index in [9.17, 15) is 9.59 Å². The number of urea groups is 1. The van der Waals surface area contributed by atoms with Gasteiger partial charge in [0.05, 0.1) is 11.9 Å². The molecule has 0 radical (unpaired) electrons. The van der Waals surface area contributed by atoms with Gasteiger partial charge < -0.3 is 5.32 Å². The first-order valence-electron chi connectivity index (χ1n) is 4.35. The largest absolute Gasteiger partial charge is 0.367 e. The number of carbonyl (C=O) groups is 2. The predicted octanol–water partition coefficient (Wildman–Crippen LogP) is 0.714. The summed E-state index contributed by atoms with van der Waals surface area (Å²) in [6.07, 6.45) is 5.00. The zero-order valence-electron chi connectivity index (χ0n) is 7.86. The molecule has 0 aliphatic carbocycles. The first kappa shape index (κ1) is 10.3. The molecule has 0 aromatic heterocycles. The number of carbonyl (C=O) groups excluding carboxylic acids is 2. The van der Waals surface area contributed by atoms with E-state index in [4.69, 9.17) is 0 Å². The van der Waals surface area contributed by atoms with Gasteiger partial charge in [-0.25, -0.2) is 4.79 Å². The van der Waals surface area contributed by atoms with Crippen molar-refractivity contribution in [2.45, 2.75) is 13.3 Å². The fraction of sp³-hybridized carbons (Fsp3) is 0.333. The van der Waals surface area contributed by atoms with Crippen LogP contribution in [0.3, 0.4) is 0 Å². The molecule has 3 amide bonds. The monoisotopic (exact) mass is 193 g/mol. The second-order valence-electron chi connectivity index (χ2n) is 2.70. The van der Waals surface area contributed by atoms with E-state index < -0.39 is 6.03 Å². The van der Waals surface area contributed by atoms with Crippen LogP contribution >= 0.6 is 0 Å². The lowest BCUT2D eigenvalue weighted by Gasteiger charge is -1.96. The molecule has 14 heavy (non-hydrogen) atoms. The van der Waals surface area contributed by atoms with Gasteiger partial charge in [-0.2, -0.15) is 9.98 Å². The van der Waals surface area contributed by atoms with Crippen molar-refractivity contribution >= 4 is 23.9 Å². The van der Waals surface area contributed by atoms with E-state index in [1.165, 1.54) is 18.4 Å². The summed E-state index contributed by atoms with van der Waals surface area (Å²) in [6.45, 7) is 2.61. The molecule has 0 aromatic carbocycles. The maximum atomic E-state index is 11.1. The lowest BCUT2D eigenvalue weighted by atomic mass is 10.3. The van der Waals surface area contributed by atoms with Gasteiger partial charge in [0.1, 0.15) is 0 Å². The van der Waals surface area contributed by atoms with Crippen LogP contribution < -0.4 is 5.32 Å². The highest BCUT2D eigenvalue weighted by atomic mass is 16.2. The molecule has 1 aliphatic rings. The molecule has 1 heterocycles. The lowest BCUT2D eigenvalue weighted by Crippen LogP contribution is -2.21. The van der Waals surface area contributed by atoms with Gasteiger partial charge in [0, 0.05) is 12.6 Å². The minimum Gasteiger partial charge on any atom is -0.353 e. The van der Waals surface area contributed by atoms with Crippen molar-refractivity contribution in [2.75, 3.05) is 6.54 Å². The number of nitrogens with one attached hydrogen (secondary N) is 1. The molecule has 1 aliphatic heterocycles. The van der Waals surface area contributed by atoms with E-state index in [-0.39, 0.29) is 5.91 Å². The van der Waals surface area contributed by atoms with Gasteiger partial charge in [0.2, 0.25) is 5.91 Å². The van der Waals surface area contributed by atoms with Crippen molar-refractivity contribution in [3.8, 4) is 0 Å². The van der Waals surface area contributed by atoms with Crippen LogP contribution in [0.25, 0.3) is 0 Å². The molecule has 0 saturated carbocycles. The van der Waals surface area contributed by atoms with Crippen LogP contribution in [0.5, 0.6) is 0 Å². The Bertz CT molecular complexity index is 329. The third-order valence-corrected chi connectivity index (χ3v) is 1.49. The quantitative estimate of drug-likeness (QED) is 0.668. The topological polar surface area (TPSA) is 70.9 Å². The summed E-state index contributed by atoms with van der Waals surface area (Å²) >= 11 is 0. The third kappa shape index (κ3) is 3.30. The third-order valence-electron chi connectivity index (χ3n) is 1.49. The summed E-state index contributed by atoms with van der Waals surface area (Å²) in [4.78, 5) is 28.5. The summed E-state index contributed by atoms with van der Waals surface area (Å²) in [7, 11) is 0. The first-order valence-corrected chi connectivity index (χ1v) is 4.35. The molecule has 0 unspecified atom stereocenters. The maximum absolute atomic E-state index is 11.1. The molecule has 0 fully saturated rings. The Balaban J connectivity index is 2.40. The number of nitrogens with zero attached hydrogens (tertiary/aromatic N) is 2. The Labute approximate surface area is 81.6 Å². The maximum Gasteiger partial charge on any atom is 0.367 e. The van der Waals surface area contributed by atoms with Crippen LogP contribution in [-0.2, 0) is 4.79 Å². The molecule has 0 atom stereocenters. The number of hydrogen-bond donors (Lipinski definition) is 1. The van der Waals surface area contributed by atoms with E-state index in [0.717, 1.165) is 6.42 Å². The Morgan fingerprint density at radius 2 is 2.43 bits per heavy atom. The minimum atomic E-state index is -0.529. The SMILES string of the molecule is CCCNC(=O)C=CC1=NC(=O)N=C1. The summed E-state index contributed by atoms with van der Waals surface area (Å²) in [5.74, 6) is -0.192. The van der Waals surface area contributed by atoms with E-state index in [0.29, 0.717) is 12.3 Å². The fourth-order valence-corrected chi connectivity index (χ4v) is 0.838. The molecule has 5 nitrogen and oxygen atoms in total. The highest BCUT2D eigenvalue weighted by Gasteiger charge is 2.04. The number of allylic oxidation sites excluding steroid dienone is 1. The van der Waals surface area contributed by atoms with Crippen LogP contribution in [0, 0.1) is 0 Å². The molecule has 1 rings (SSSR count). The molecule has 5 heteroatoms. The minimum absolute atomic E-state index is 0.192. The second kappa shape index (κ2) is 5.06. The number of hydrogen-bond acceptors (Lipinski definition) is 2. The van der Waals surface area contributed by atoms with Crippen molar-refractivity contribution in [2.24, 2.45) is 9.98 Å². The molecule has 0 bridgehead atoms. The van der Waals surface area contributed by atoms with Crippen molar-refractivity contribution in [1.29, 1.82) is 0 Å². The Hall–Kier alpha value is -1.78. The van der Waals surface area contributed by atoms with E-state index in [1.807, 2.05) is 6.92 Å². The van der Waals surface area contributed by atoms with Gasteiger partial charge in [-0.1, -0.05) is 6.92 Å². The molecule has 0 saturated heterocycles. The number of amides is 3. The number of aliphatic imine (C=N–C) groups is 2. The van der Waals surface area contributed by atoms with Crippen molar-refractivity contribution < 1.29 is 9.59 Å². The predicted molar refractivity (Wildman–Crippen MR) is 53.8 cm³/mol. The van der Waals surface area contributed by atoms with E-state index in [2.05, 4.69) is 15.3 Å². The summed E-state index contributed by atoms with van der Waals surface area (Å²) in [5.41, 5.74) is 0.404. The van der Waals surface area contributed by atoms with Gasteiger partial charge in [0.15, 0.2) is 0 Å². The zero-order chi connectivity index (χ0) is 10.4. The molecule has 1 N–H and O–H groups in total. The van der Waals surface area contributed by atoms with E-state index >= 15 is 0 Å². The van der Waals surface area contributed by atoms with Crippen LogP contribution in [0.15, 0.2) is 22.1 Å². The van der Waals surface area contributed by atoms with Gasteiger partial charge in [-0.3, -0.25) is 4.79 Å². The molecule has 0 aromatic rings. The molecule has 0 spiro atoms. The lowest BCUT2D eigenvalue weighted by molar-refractivity contribution is -0.116. The first-order chi connectivity index (χ1) is 6.72. The van der Waals surface area contributed by atoms with Crippen molar-refractivity contribution in [1.82, 2.24) is 5.32 Å². The van der Waals surface area contributed by atoms with E-state index in [1.54, 1.807) is 0 Å². The highest BCUT2D eigenvalue weighted by molar-refractivity contribution is 6.42. The second-order valence-corrected chi connectivity index (χ2v) is 2.70. The van der Waals surface area contributed by atoms with Gasteiger partial charge in [-0.15, -0.1) is 0 Å². The zero-order valence-corrected chi connectivity index (χ0v) is 7.86. The Morgan fingerprint density at radius 1 is 1.64 bits per heavy atom. The van der Waals surface area contributed by atoms with Crippen molar-refractivity contribution in [3.05, 3.63) is 12.2 Å². The van der Waals surface area contributed by atoms with Crippen molar-refractivity contribution in [3.63, 3.8) is 0 Å².